The first kappa shape index (κ1) is 17.7. The Balaban J connectivity index is 1.60. The van der Waals surface area contributed by atoms with Gasteiger partial charge in [0.1, 0.15) is 5.76 Å². The maximum absolute atomic E-state index is 12.3. The third-order valence-corrected chi connectivity index (χ3v) is 4.69. The zero-order chi connectivity index (χ0) is 17.6. The van der Waals surface area contributed by atoms with Crippen molar-refractivity contribution in [1.29, 1.82) is 0 Å². The highest BCUT2D eigenvalue weighted by Gasteiger charge is 2.25. The largest absolute Gasteiger partial charge is 0.467 e. The molecule has 0 spiro atoms. The minimum atomic E-state index is -0.274. The van der Waals surface area contributed by atoms with Gasteiger partial charge in [0.25, 0.3) is 5.91 Å². The molecule has 1 saturated heterocycles. The van der Waals surface area contributed by atoms with Crippen molar-refractivity contribution < 1.29 is 14.3 Å². The molecule has 25 heavy (non-hydrogen) atoms. The second-order valence-corrected chi connectivity index (χ2v) is 6.81. The molecule has 0 aliphatic carbocycles. The predicted molar refractivity (Wildman–Crippen MR) is 96.1 cm³/mol. The van der Waals surface area contributed by atoms with Crippen LogP contribution in [0.1, 0.15) is 47.9 Å². The number of nitrogens with zero attached hydrogens (tertiary/aromatic N) is 1. The van der Waals surface area contributed by atoms with Gasteiger partial charge in [0.15, 0.2) is 0 Å². The molecular weight excluding hydrogens is 316 g/mol. The summed E-state index contributed by atoms with van der Waals surface area (Å²) in [6, 6.07) is 11.8. The number of aliphatic hydroxyl groups excluding tert-OH is 1. The van der Waals surface area contributed by atoms with E-state index in [-0.39, 0.29) is 12.0 Å². The Hall–Kier alpha value is -2.11. The van der Waals surface area contributed by atoms with Crippen molar-refractivity contribution in [2.24, 2.45) is 0 Å². The first-order valence-electron chi connectivity index (χ1n) is 8.93. The average Bonchev–Trinajstić information content (AvgIpc) is 3.25. The number of rotatable bonds is 7. The zero-order valence-corrected chi connectivity index (χ0v) is 14.6. The van der Waals surface area contributed by atoms with Crippen molar-refractivity contribution in [2.75, 3.05) is 6.54 Å². The lowest BCUT2D eigenvalue weighted by Gasteiger charge is -2.25. The Labute approximate surface area is 148 Å². The highest BCUT2D eigenvalue weighted by Crippen LogP contribution is 2.24. The van der Waals surface area contributed by atoms with E-state index in [4.69, 9.17) is 4.42 Å². The molecule has 0 saturated carbocycles. The topological polar surface area (TPSA) is 65.7 Å². The molecule has 1 aliphatic heterocycles. The quantitative estimate of drug-likeness (QED) is 0.812. The SMILES string of the molecule is CC(O)CC1CCCN1Cc1cccc(C(=O)NCc2ccco2)c1. The van der Waals surface area contributed by atoms with Crippen LogP contribution in [0, 0.1) is 0 Å². The van der Waals surface area contributed by atoms with Crippen LogP contribution >= 0.6 is 0 Å². The van der Waals surface area contributed by atoms with Crippen LogP contribution in [0.15, 0.2) is 47.1 Å². The van der Waals surface area contributed by atoms with Crippen molar-refractivity contribution in [3.05, 3.63) is 59.5 Å². The van der Waals surface area contributed by atoms with Gasteiger partial charge in [-0.1, -0.05) is 12.1 Å². The van der Waals surface area contributed by atoms with Crippen LogP contribution in [0.2, 0.25) is 0 Å². The van der Waals surface area contributed by atoms with Gasteiger partial charge in [-0.15, -0.1) is 0 Å². The van der Waals surface area contributed by atoms with E-state index in [1.165, 1.54) is 6.42 Å². The van der Waals surface area contributed by atoms with Crippen LogP contribution in [0.4, 0.5) is 0 Å². The maximum Gasteiger partial charge on any atom is 0.251 e. The molecule has 1 fully saturated rings. The Morgan fingerprint density at radius 2 is 2.28 bits per heavy atom. The van der Waals surface area contributed by atoms with Crippen molar-refractivity contribution in [2.45, 2.75) is 51.4 Å². The number of amides is 1. The first-order valence-corrected chi connectivity index (χ1v) is 8.93. The molecule has 2 aromatic rings. The molecule has 2 heterocycles. The van der Waals surface area contributed by atoms with E-state index in [2.05, 4.69) is 16.3 Å². The second-order valence-electron chi connectivity index (χ2n) is 6.81. The van der Waals surface area contributed by atoms with Gasteiger partial charge >= 0.3 is 0 Å². The van der Waals surface area contributed by atoms with Crippen LogP contribution in [0.5, 0.6) is 0 Å². The van der Waals surface area contributed by atoms with Crippen LogP contribution in [-0.2, 0) is 13.1 Å². The minimum absolute atomic E-state index is 0.0970. The Morgan fingerprint density at radius 1 is 1.40 bits per heavy atom. The van der Waals surface area contributed by atoms with Gasteiger partial charge in [0.2, 0.25) is 0 Å². The number of carbonyl (C=O) groups is 1. The normalized spacial score (nSPS) is 19.0. The molecule has 134 valence electrons. The van der Waals surface area contributed by atoms with E-state index in [0.29, 0.717) is 18.2 Å². The van der Waals surface area contributed by atoms with Crippen molar-refractivity contribution >= 4 is 5.91 Å². The van der Waals surface area contributed by atoms with Crippen LogP contribution in [-0.4, -0.2) is 34.6 Å². The van der Waals surface area contributed by atoms with Crippen molar-refractivity contribution in [1.82, 2.24) is 10.2 Å². The maximum atomic E-state index is 12.3. The van der Waals surface area contributed by atoms with E-state index in [0.717, 1.165) is 37.3 Å². The Kier molecular flexibility index (Phi) is 5.89. The summed E-state index contributed by atoms with van der Waals surface area (Å²) >= 11 is 0. The van der Waals surface area contributed by atoms with Crippen molar-refractivity contribution in [3.8, 4) is 0 Å². The number of furan rings is 1. The summed E-state index contributed by atoms with van der Waals surface area (Å²) in [5, 5.41) is 12.5. The molecule has 5 nitrogen and oxygen atoms in total. The third kappa shape index (κ3) is 4.94. The molecular formula is C20H26N2O3. The highest BCUT2D eigenvalue weighted by molar-refractivity contribution is 5.94. The molecule has 1 aromatic heterocycles. The lowest BCUT2D eigenvalue weighted by atomic mass is 10.1. The van der Waals surface area contributed by atoms with Crippen molar-refractivity contribution in [3.63, 3.8) is 0 Å². The van der Waals surface area contributed by atoms with Gasteiger partial charge in [0.05, 0.1) is 18.9 Å². The number of carbonyl (C=O) groups excluding carboxylic acids is 1. The molecule has 1 amide bonds. The van der Waals surface area contributed by atoms with Gasteiger partial charge in [-0.3, -0.25) is 9.69 Å². The minimum Gasteiger partial charge on any atom is -0.467 e. The van der Waals surface area contributed by atoms with Gasteiger partial charge in [-0.25, -0.2) is 0 Å². The Morgan fingerprint density at radius 3 is 3.04 bits per heavy atom. The molecule has 2 N–H and O–H groups in total. The van der Waals surface area contributed by atoms with Crippen LogP contribution in [0.25, 0.3) is 0 Å². The fourth-order valence-electron chi connectivity index (χ4n) is 3.49. The molecule has 1 aromatic carbocycles. The lowest BCUT2D eigenvalue weighted by Crippen LogP contribution is -2.31. The van der Waals surface area contributed by atoms with Gasteiger partial charge in [0, 0.05) is 18.2 Å². The molecule has 0 bridgehead atoms. The smallest absolute Gasteiger partial charge is 0.251 e. The molecule has 0 radical (unpaired) electrons. The lowest BCUT2D eigenvalue weighted by molar-refractivity contribution is 0.0948. The van der Waals surface area contributed by atoms with E-state index < -0.39 is 0 Å². The van der Waals surface area contributed by atoms with Gasteiger partial charge in [-0.2, -0.15) is 0 Å². The van der Waals surface area contributed by atoms with Crippen LogP contribution < -0.4 is 5.32 Å². The van der Waals surface area contributed by atoms with E-state index in [1.807, 2.05) is 37.3 Å². The van der Waals surface area contributed by atoms with E-state index in [9.17, 15) is 9.90 Å². The summed E-state index contributed by atoms with van der Waals surface area (Å²) in [5.41, 5.74) is 1.79. The molecule has 3 rings (SSSR count). The van der Waals surface area contributed by atoms with Gasteiger partial charge in [-0.05, 0) is 62.6 Å². The fraction of sp³-hybridized carbons (Fsp3) is 0.450. The summed E-state index contributed by atoms with van der Waals surface area (Å²) in [4.78, 5) is 14.7. The number of hydrogen-bond donors (Lipinski definition) is 2. The van der Waals surface area contributed by atoms with Gasteiger partial charge < -0.3 is 14.8 Å². The third-order valence-electron chi connectivity index (χ3n) is 4.69. The number of aliphatic hydroxyl groups is 1. The average molecular weight is 342 g/mol. The zero-order valence-electron chi connectivity index (χ0n) is 14.6. The fourth-order valence-corrected chi connectivity index (χ4v) is 3.49. The van der Waals surface area contributed by atoms with E-state index in [1.54, 1.807) is 6.26 Å². The summed E-state index contributed by atoms with van der Waals surface area (Å²) < 4.78 is 5.23. The monoisotopic (exact) mass is 342 g/mol. The number of likely N-dealkylation sites (tertiary alicyclic amines) is 1. The Bertz CT molecular complexity index is 682. The summed E-state index contributed by atoms with van der Waals surface area (Å²) in [7, 11) is 0. The summed E-state index contributed by atoms with van der Waals surface area (Å²) in [5.74, 6) is 0.641. The molecule has 5 heteroatoms. The second kappa shape index (κ2) is 8.32. The summed E-state index contributed by atoms with van der Waals surface area (Å²) in [6.45, 7) is 4.10. The number of nitrogens with one attached hydrogen (secondary N) is 1. The number of hydrogen-bond acceptors (Lipinski definition) is 4. The molecule has 2 atom stereocenters. The standard InChI is InChI=1S/C20H26N2O3/c1-15(23)11-18-7-3-9-22(18)14-16-5-2-6-17(12-16)20(24)21-13-19-8-4-10-25-19/h2,4-6,8,10,12,15,18,23H,3,7,9,11,13-14H2,1H3,(H,21,24). The summed E-state index contributed by atoms with van der Waals surface area (Å²) in [6.07, 6.45) is 4.43. The predicted octanol–water partition coefficient (Wildman–Crippen LogP) is 2.94. The van der Waals surface area contributed by atoms with E-state index >= 15 is 0 Å². The van der Waals surface area contributed by atoms with Crippen LogP contribution in [0.3, 0.4) is 0 Å². The first-order chi connectivity index (χ1) is 12.1. The number of benzene rings is 1. The molecule has 1 aliphatic rings. The highest BCUT2D eigenvalue weighted by atomic mass is 16.3. The molecule has 2 unspecified atom stereocenters.